The molecule has 7 atom stereocenters. The average Bonchev–Trinajstić information content (AvgIpc) is 4.01. The van der Waals surface area contributed by atoms with Crippen molar-refractivity contribution in [2.24, 2.45) is 11.3 Å². The Morgan fingerprint density at radius 3 is 2.63 bits per heavy atom. The van der Waals surface area contributed by atoms with Crippen LogP contribution in [0.1, 0.15) is 105 Å². The molecule has 5 aliphatic rings. The molecule has 4 heterocycles. The zero-order chi connectivity index (χ0) is 48.7. The zero-order valence-electron chi connectivity index (χ0n) is 39.7. The second-order valence-corrected chi connectivity index (χ2v) is 19.3. The van der Waals surface area contributed by atoms with Crippen molar-refractivity contribution in [2.45, 2.75) is 88.7 Å². The van der Waals surface area contributed by atoms with Crippen molar-refractivity contribution < 1.29 is 39.2 Å². The fourth-order valence-corrected chi connectivity index (χ4v) is 12.0. The van der Waals surface area contributed by atoms with Crippen LogP contribution in [0.25, 0.3) is 10.8 Å². The third kappa shape index (κ3) is 8.59. The molecule has 10 rings (SSSR count). The van der Waals surface area contributed by atoms with Gasteiger partial charge < -0.3 is 44.6 Å². The van der Waals surface area contributed by atoms with Gasteiger partial charge in [-0.2, -0.15) is 0 Å². The van der Waals surface area contributed by atoms with Crippen molar-refractivity contribution in [3.05, 3.63) is 161 Å². The number of aromatic hydroxyl groups is 3. The Hall–Kier alpha value is -7.65. The molecule has 358 valence electrons. The van der Waals surface area contributed by atoms with Crippen molar-refractivity contribution in [1.82, 2.24) is 14.9 Å². The van der Waals surface area contributed by atoms with E-state index in [1.807, 2.05) is 47.3 Å². The van der Waals surface area contributed by atoms with E-state index in [2.05, 4.69) is 88.0 Å². The number of hydrogen-bond donors (Lipinski definition) is 5. The molecule has 0 saturated heterocycles. The molecule has 5 N–H and O–H groups in total. The van der Waals surface area contributed by atoms with Gasteiger partial charge in [-0.05, 0) is 96.3 Å². The SMILES string of the molecule is COc1cc([C@@H]2CC(=O)C[C@H](OC(C)=O)CC[C@]34C5=CC=C[C@@H]3CC=C[C@@H]4c3c[nH]cc3[C@H](C#CC5)[C@H](c3cccc(O)c3)C3=CCNC(=C3)N(CCC(C)=O)c3cccc4cn2cc34)cc(O)c1O. The molecular formula is C58H58N4O8. The minimum Gasteiger partial charge on any atom is -0.508 e. The number of methoxy groups -OCH3 is 1. The number of aromatic nitrogens is 2. The largest absolute Gasteiger partial charge is 0.508 e. The molecule has 2 aliphatic heterocycles. The number of carbonyl (C=O) groups is 3. The number of nitrogens with zero attached hydrogens (tertiary/aromatic N) is 2. The van der Waals surface area contributed by atoms with Crippen LogP contribution in [0, 0.1) is 23.2 Å². The van der Waals surface area contributed by atoms with E-state index >= 15 is 0 Å². The van der Waals surface area contributed by atoms with Gasteiger partial charge in [0.2, 0.25) is 5.75 Å². The van der Waals surface area contributed by atoms with Gasteiger partial charge in [0, 0.05) is 98.5 Å². The first kappa shape index (κ1) is 46.1. The van der Waals surface area contributed by atoms with Gasteiger partial charge in [-0.15, -0.1) is 0 Å². The number of benzene rings is 3. The smallest absolute Gasteiger partial charge is 0.302 e. The van der Waals surface area contributed by atoms with Gasteiger partial charge in [0.05, 0.1) is 24.8 Å². The number of ketones is 2. The molecule has 3 aliphatic carbocycles. The normalized spacial score (nSPS) is 25.1. The van der Waals surface area contributed by atoms with Gasteiger partial charge in [-0.3, -0.25) is 14.4 Å². The molecule has 0 saturated carbocycles. The number of nitrogens with one attached hydrogen (secondary N) is 2. The van der Waals surface area contributed by atoms with Crippen LogP contribution in [0.2, 0.25) is 0 Å². The van der Waals surface area contributed by atoms with Crippen LogP contribution in [0.5, 0.6) is 23.0 Å². The molecule has 3 aromatic carbocycles. The molecule has 70 heavy (non-hydrogen) atoms. The van der Waals surface area contributed by atoms with E-state index in [0.717, 1.165) is 51.0 Å². The first-order valence-electron chi connectivity index (χ1n) is 24.2. The topological polar surface area (TPSA) is 166 Å². The molecular weight excluding hydrogens is 881 g/mol. The van der Waals surface area contributed by atoms with E-state index in [0.29, 0.717) is 37.9 Å². The number of fused-ring (bicyclic) bond motifs is 2. The predicted molar refractivity (Wildman–Crippen MR) is 269 cm³/mol. The van der Waals surface area contributed by atoms with E-state index in [9.17, 15) is 29.7 Å². The maximum absolute atomic E-state index is 14.8. The van der Waals surface area contributed by atoms with E-state index in [-0.39, 0.29) is 71.7 Å². The van der Waals surface area contributed by atoms with E-state index < -0.39 is 29.3 Å². The Morgan fingerprint density at radius 1 is 0.971 bits per heavy atom. The Balaban J connectivity index is 1.21. The highest BCUT2D eigenvalue weighted by atomic mass is 16.5. The zero-order valence-corrected chi connectivity index (χ0v) is 39.7. The highest BCUT2D eigenvalue weighted by Gasteiger charge is 2.50. The van der Waals surface area contributed by atoms with Crippen LogP contribution in [-0.4, -0.2) is 68.7 Å². The van der Waals surface area contributed by atoms with E-state index in [1.165, 1.54) is 25.7 Å². The number of phenols is 3. The van der Waals surface area contributed by atoms with Crippen molar-refractivity contribution >= 4 is 34.0 Å². The molecule has 12 nitrogen and oxygen atoms in total. The Morgan fingerprint density at radius 2 is 1.81 bits per heavy atom. The summed E-state index contributed by atoms with van der Waals surface area (Å²) >= 11 is 0. The number of phenolic OH excluding ortho intramolecular Hbond substituents is 3. The molecule has 1 spiro atoms. The lowest BCUT2D eigenvalue weighted by Gasteiger charge is -2.50. The van der Waals surface area contributed by atoms with Gasteiger partial charge in [-0.25, -0.2) is 0 Å². The highest BCUT2D eigenvalue weighted by Crippen LogP contribution is 2.60. The molecule has 12 heteroatoms. The summed E-state index contributed by atoms with van der Waals surface area (Å²) in [4.78, 5) is 46.2. The summed E-state index contributed by atoms with van der Waals surface area (Å²) in [6.45, 7) is 3.81. The number of ether oxygens (including phenoxy) is 2. The van der Waals surface area contributed by atoms with Crippen LogP contribution in [-0.2, 0) is 19.1 Å². The average molecular weight is 939 g/mol. The summed E-state index contributed by atoms with van der Waals surface area (Å²) in [6, 6.07) is 15.8. The number of rotatable bonds is 7. The molecule has 0 unspecified atom stereocenters. The summed E-state index contributed by atoms with van der Waals surface area (Å²) in [5.41, 5.74) is 6.17. The number of esters is 1. The fraction of sp³-hybridized carbons (Fsp3) is 0.328. The van der Waals surface area contributed by atoms with Crippen molar-refractivity contribution in [3.8, 4) is 34.8 Å². The second kappa shape index (κ2) is 19.0. The molecule has 5 aromatic rings. The quantitative estimate of drug-likeness (QED) is 0.0459. The number of H-pyrrole nitrogens is 1. The number of dihydropyridines is 1. The first-order valence-corrected chi connectivity index (χ1v) is 24.2. The Labute approximate surface area is 407 Å². The second-order valence-electron chi connectivity index (χ2n) is 19.3. The van der Waals surface area contributed by atoms with E-state index in [1.54, 1.807) is 19.1 Å². The van der Waals surface area contributed by atoms with Crippen LogP contribution in [0.4, 0.5) is 5.69 Å². The molecule has 0 fully saturated rings. The lowest BCUT2D eigenvalue weighted by atomic mass is 9.53. The highest BCUT2D eigenvalue weighted by molar-refractivity contribution is 5.95. The van der Waals surface area contributed by atoms with Crippen LogP contribution < -0.4 is 15.0 Å². The molecule has 0 radical (unpaired) electrons. The summed E-state index contributed by atoms with van der Waals surface area (Å²) in [7, 11) is 1.40. The monoisotopic (exact) mass is 938 g/mol. The van der Waals surface area contributed by atoms with Gasteiger partial charge in [0.25, 0.3) is 0 Å². The maximum Gasteiger partial charge on any atom is 0.302 e. The van der Waals surface area contributed by atoms with Crippen molar-refractivity contribution in [2.75, 3.05) is 25.1 Å². The van der Waals surface area contributed by atoms with Crippen molar-refractivity contribution in [3.63, 3.8) is 0 Å². The van der Waals surface area contributed by atoms with Gasteiger partial charge in [0.1, 0.15) is 29.2 Å². The lowest BCUT2D eigenvalue weighted by Crippen LogP contribution is -2.41. The van der Waals surface area contributed by atoms with Gasteiger partial charge in [-0.1, -0.05) is 78.1 Å². The van der Waals surface area contributed by atoms with E-state index in [4.69, 9.17) is 9.47 Å². The fourth-order valence-electron chi connectivity index (χ4n) is 12.0. The third-order valence-corrected chi connectivity index (χ3v) is 15.1. The number of carbonyl (C=O) groups excluding carboxylic acids is 3. The summed E-state index contributed by atoms with van der Waals surface area (Å²) in [5, 5.41) is 38.2. The number of allylic oxidation sites excluding steroid dienone is 8. The summed E-state index contributed by atoms with van der Waals surface area (Å²) < 4.78 is 13.5. The number of hydrogen-bond acceptors (Lipinski definition) is 10. The van der Waals surface area contributed by atoms with Gasteiger partial charge >= 0.3 is 5.97 Å². The molecule has 6 bridgehead atoms. The number of aromatic amines is 1. The number of anilines is 1. The first-order chi connectivity index (χ1) is 33.9. The van der Waals surface area contributed by atoms with Crippen molar-refractivity contribution in [1.29, 1.82) is 0 Å². The predicted octanol–water partition coefficient (Wildman–Crippen LogP) is 10.0. The minimum absolute atomic E-state index is 0.0344. The van der Waals surface area contributed by atoms with Crippen LogP contribution in [0.15, 0.2) is 139 Å². The van der Waals surface area contributed by atoms with Gasteiger partial charge in [0.15, 0.2) is 11.5 Å². The Bertz CT molecular complexity index is 3120. The summed E-state index contributed by atoms with van der Waals surface area (Å²) in [5.74, 6) is 6.40. The minimum atomic E-state index is -0.738. The van der Waals surface area contributed by atoms with Crippen LogP contribution in [0.3, 0.4) is 0 Å². The molecule has 0 amide bonds. The third-order valence-electron chi connectivity index (χ3n) is 15.1. The lowest BCUT2D eigenvalue weighted by molar-refractivity contribution is -0.148. The molecule has 2 aromatic heterocycles. The number of Topliss-reactive ketones (excluding diaryl/α,β-unsaturated/α-hetero) is 2. The standard InChI is InChI=1S/C58H58N4O8/c1-35(63)21-24-62-51-18-5-10-39-33-61(34-49(39)51)52(40-26-53(67)57(68)54(27-40)69-3)30-44(66)29-45(70-36(2)64)19-22-58-41-11-6-12-42(58)14-8-17-50(58)48-32-59-31-47(48)46(16-7-13-41)56(37-9-4-15-43(65)25-37)38-20-23-60-55(62)28-38/h4-6,8-12,15,17-18,20,25-28,31-34,42,45-46,50,52,56,59-60,65,67-68H,13-14,19,21-24,29-30H2,1-3H3/t42-,45-,46+,50-,52+,56-,58+/m1/s1. The van der Waals surface area contributed by atoms with Crippen LogP contribution >= 0.6 is 0 Å². The summed E-state index contributed by atoms with van der Waals surface area (Å²) in [6.07, 6.45) is 25.5. The Kier molecular flexibility index (Phi) is 12.5. The maximum atomic E-state index is 14.8.